The Kier molecular flexibility index (Phi) is 4.99. The molecule has 1 aromatic carbocycles. The van der Waals surface area contributed by atoms with E-state index in [0.29, 0.717) is 35.1 Å². The van der Waals surface area contributed by atoms with E-state index in [0.717, 1.165) is 0 Å². The van der Waals surface area contributed by atoms with Crippen molar-refractivity contribution in [2.24, 2.45) is 0 Å². The predicted octanol–water partition coefficient (Wildman–Crippen LogP) is 1.64. The van der Waals surface area contributed by atoms with Crippen LogP contribution in [0.4, 0.5) is 5.69 Å². The molecule has 1 aromatic heterocycles. The molecule has 1 atom stereocenters. The molecule has 0 fully saturated rings. The minimum Gasteiger partial charge on any atom is -0.481 e. The number of carbonyl (C=O) groups excluding carboxylic acids is 1. The van der Waals surface area contributed by atoms with Crippen LogP contribution in [0, 0.1) is 0 Å². The fourth-order valence-electron chi connectivity index (χ4n) is 2.11. The van der Waals surface area contributed by atoms with E-state index in [1.165, 1.54) is 0 Å². The first-order valence-corrected chi connectivity index (χ1v) is 6.73. The molecule has 2 aromatic rings. The summed E-state index contributed by atoms with van der Waals surface area (Å²) in [6.45, 7) is 2.03. The maximum Gasteiger partial charge on any atom is 0.262 e. The van der Waals surface area contributed by atoms with Crippen LogP contribution in [0.2, 0.25) is 0 Å². The van der Waals surface area contributed by atoms with Crippen molar-refractivity contribution in [3.8, 4) is 17.2 Å². The van der Waals surface area contributed by atoms with E-state index in [4.69, 9.17) is 9.26 Å². The number of amides is 1. The van der Waals surface area contributed by atoms with Crippen molar-refractivity contribution >= 4 is 24.0 Å². The number of rotatable bonds is 4. The van der Waals surface area contributed by atoms with Gasteiger partial charge in [-0.25, -0.2) is 0 Å². The zero-order valence-corrected chi connectivity index (χ0v) is 13.1. The van der Waals surface area contributed by atoms with E-state index in [9.17, 15) is 4.79 Å². The molecule has 0 saturated heterocycles. The lowest BCUT2D eigenvalue weighted by Gasteiger charge is -2.19. The van der Waals surface area contributed by atoms with Crippen molar-refractivity contribution in [1.29, 1.82) is 0 Å². The summed E-state index contributed by atoms with van der Waals surface area (Å²) in [5.74, 6) is 1.41. The molecule has 2 N–H and O–H groups in total. The molecular weight excluding hydrogens is 308 g/mol. The van der Waals surface area contributed by atoms with Crippen LogP contribution in [-0.4, -0.2) is 35.7 Å². The average Bonchev–Trinajstić information content (AvgIpc) is 2.94. The Bertz CT molecular complexity index is 674. The molecule has 1 unspecified atom stereocenters. The number of nitrogens with one attached hydrogen (secondary N) is 2. The van der Waals surface area contributed by atoms with Crippen molar-refractivity contribution in [2.45, 2.75) is 19.4 Å². The molecule has 0 saturated carbocycles. The Morgan fingerprint density at radius 3 is 3.05 bits per heavy atom. The monoisotopic (exact) mass is 324 g/mol. The molecule has 0 aliphatic carbocycles. The van der Waals surface area contributed by atoms with E-state index in [-0.39, 0.29) is 31.0 Å². The van der Waals surface area contributed by atoms with Crippen LogP contribution >= 0.6 is 12.4 Å². The van der Waals surface area contributed by atoms with E-state index in [1.54, 1.807) is 6.07 Å². The van der Waals surface area contributed by atoms with Crippen LogP contribution in [0.15, 0.2) is 22.7 Å². The van der Waals surface area contributed by atoms with Gasteiger partial charge in [-0.1, -0.05) is 11.2 Å². The van der Waals surface area contributed by atoms with Gasteiger partial charge < -0.3 is 19.9 Å². The number of ether oxygens (including phenoxy) is 1. The minimum atomic E-state index is -0.172. The van der Waals surface area contributed by atoms with Crippen LogP contribution in [0.5, 0.6) is 5.75 Å². The number of hydrogen-bond donors (Lipinski definition) is 2. The summed E-state index contributed by atoms with van der Waals surface area (Å²) in [7, 11) is 1.88. The molecule has 0 spiro atoms. The Labute approximate surface area is 133 Å². The molecular formula is C14H17ClN4O3. The summed E-state index contributed by atoms with van der Waals surface area (Å²) in [6.07, 6.45) is 0.673. The van der Waals surface area contributed by atoms with E-state index in [2.05, 4.69) is 20.8 Å². The number of fused-ring (bicyclic) bond motifs is 1. The van der Waals surface area contributed by atoms with Gasteiger partial charge in [-0.3, -0.25) is 4.79 Å². The molecule has 1 amide bonds. The van der Waals surface area contributed by atoms with Gasteiger partial charge >= 0.3 is 0 Å². The lowest BCUT2D eigenvalue weighted by Crippen LogP contribution is -2.25. The number of halogens is 1. The molecule has 3 rings (SSSR count). The first-order valence-electron chi connectivity index (χ1n) is 6.73. The predicted molar refractivity (Wildman–Crippen MR) is 83.3 cm³/mol. The smallest absolute Gasteiger partial charge is 0.262 e. The van der Waals surface area contributed by atoms with Crippen LogP contribution < -0.4 is 15.4 Å². The highest BCUT2D eigenvalue weighted by Gasteiger charge is 2.22. The molecule has 8 heteroatoms. The van der Waals surface area contributed by atoms with Crippen LogP contribution in [0.25, 0.3) is 11.5 Å². The normalized spacial score (nSPS) is 14.4. The summed E-state index contributed by atoms with van der Waals surface area (Å²) in [5.41, 5.74) is 1.30. The van der Waals surface area contributed by atoms with Crippen molar-refractivity contribution in [3.05, 3.63) is 24.0 Å². The molecule has 22 heavy (non-hydrogen) atoms. The number of likely N-dealkylation sites (N-methyl/N-ethyl adjacent to an activating group) is 1. The van der Waals surface area contributed by atoms with Gasteiger partial charge in [0.15, 0.2) is 18.2 Å². The fourth-order valence-corrected chi connectivity index (χ4v) is 2.11. The topological polar surface area (TPSA) is 89.3 Å². The van der Waals surface area contributed by atoms with Gasteiger partial charge in [0.25, 0.3) is 11.8 Å². The number of anilines is 1. The summed E-state index contributed by atoms with van der Waals surface area (Å²) < 4.78 is 10.8. The Balaban J connectivity index is 0.00000176. The maximum atomic E-state index is 11.3. The minimum absolute atomic E-state index is 0. The number of carbonyl (C=O) groups is 1. The van der Waals surface area contributed by atoms with Crippen LogP contribution in [-0.2, 0) is 11.2 Å². The lowest BCUT2D eigenvalue weighted by atomic mass is 10.1. The zero-order valence-electron chi connectivity index (χ0n) is 12.3. The number of para-hydroxylation sites is 1. The standard InChI is InChI=1S/C14H16N4O3.ClH/c1-8(15-2)6-11-17-14(21-18-11)9-4-3-5-10-13(9)20-7-12(19)16-10;/h3-5,8,15H,6-7H2,1-2H3,(H,16,19);1H. The number of benzene rings is 1. The third-order valence-corrected chi connectivity index (χ3v) is 3.32. The molecule has 7 nitrogen and oxygen atoms in total. The van der Waals surface area contributed by atoms with Gasteiger partial charge in [-0.15, -0.1) is 12.4 Å². The Hall–Kier alpha value is -2.12. The number of hydrogen-bond acceptors (Lipinski definition) is 6. The second-order valence-electron chi connectivity index (χ2n) is 4.93. The highest BCUT2D eigenvalue weighted by atomic mass is 35.5. The second-order valence-corrected chi connectivity index (χ2v) is 4.93. The quantitative estimate of drug-likeness (QED) is 0.888. The van der Waals surface area contributed by atoms with Crippen molar-refractivity contribution in [3.63, 3.8) is 0 Å². The van der Waals surface area contributed by atoms with E-state index < -0.39 is 0 Å². The van der Waals surface area contributed by atoms with Gasteiger partial charge in [-0.2, -0.15) is 4.98 Å². The first-order chi connectivity index (χ1) is 10.2. The summed E-state index contributed by atoms with van der Waals surface area (Å²) >= 11 is 0. The first kappa shape index (κ1) is 16.3. The van der Waals surface area contributed by atoms with Crippen LogP contribution in [0.1, 0.15) is 12.7 Å². The molecule has 1 aliphatic heterocycles. The average molecular weight is 325 g/mol. The highest BCUT2D eigenvalue weighted by molar-refractivity contribution is 5.97. The van der Waals surface area contributed by atoms with Gasteiger partial charge in [0, 0.05) is 12.5 Å². The van der Waals surface area contributed by atoms with Gasteiger partial charge in [0.05, 0.1) is 11.3 Å². The van der Waals surface area contributed by atoms with Crippen molar-refractivity contribution < 1.29 is 14.1 Å². The third kappa shape index (κ3) is 3.20. The van der Waals surface area contributed by atoms with Gasteiger partial charge in [0.1, 0.15) is 0 Å². The molecule has 118 valence electrons. The lowest BCUT2D eigenvalue weighted by molar-refractivity contribution is -0.118. The van der Waals surface area contributed by atoms with E-state index in [1.807, 2.05) is 26.1 Å². The molecule has 0 bridgehead atoms. The maximum absolute atomic E-state index is 11.3. The SMILES string of the molecule is CNC(C)Cc1noc(-c2cccc3c2OCC(=O)N3)n1.Cl. The zero-order chi connectivity index (χ0) is 14.8. The molecule has 0 radical (unpaired) electrons. The Morgan fingerprint density at radius 1 is 1.45 bits per heavy atom. The summed E-state index contributed by atoms with van der Waals surface area (Å²) in [5, 5.41) is 9.85. The van der Waals surface area contributed by atoms with Crippen molar-refractivity contribution in [1.82, 2.24) is 15.5 Å². The summed E-state index contributed by atoms with van der Waals surface area (Å²) in [6, 6.07) is 5.67. The number of aromatic nitrogens is 2. The van der Waals surface area contributed by atoms with E-state index >= 15 is 0 Å². The third-order valence-electron chi connectivity index (χ3n) is 3.32. The molecule has 1 aliphatic rings. The highest BCUT2D eigenvalue weighted by Crippen LogP contribution is 2.37. The summed E-state index contributed by atoms with van der Waals surface area (Å²) in [4.78, 5) is 15.7. The second kappa shape index (κ2) is 6.76. The molecule has 2 heterocycles. The Morgan fingerprint density at radius 2 is 2.27 bits per heavy atom. The largest absolute Gasteiger partial charge is 0.481 e. The number of nitrogens with zero attached hydrogens (tertiary/aromatic N) is 2. The van der Waals surface area contributed by atoms with Gasteiger partial charge in [0.2, 0.25) is 0 Å². The fraction of sp³-hybridized carbons (Fsp3) is 0.357. The van der Waals surface area contributed by atoms with Crippen molar-refractivity contribution in [2.75, 3.05) is 19.0 Å². The van der Waals surface area contributed by atoms with Crippen LogP contribution in [0.3, 0.4) is 0 Å². The van der Waals surface area contributed by atoms with Gasteiger partial charge in [-0.05, 0) is 26.1 Å².